The Kier molecular flexibility index (Phi) is 8.19. The van der Waals surface area contributed by atoms with Crippen LogP contribution in [0.5, 0.6) is 5.75 Å². The molecule has 0 aromatic heterocycles. The largest absolute Gasteiger partial charge is 0.490 e. The van der Waals surface area contributed by atoms with Gasteiger partial charge in [0, 0.05) is 6.54 Å². The van der Waals surface area contributed by atoms with E-state index in [1.807, 2.05) is 25.1 Å². The van der Waals surface area contributed by atoms with Crippen molar-refractivity contribution in [2.75, 3.05) is 19.7 Å². The minimum Gasteiger partial charge on any atom is -0.490 e. The van der Waals surface area contributed by atoms with E-state index in [4.69, 9.17) is 4.74 Å². The Bertz CT molecular complexity index is 394. The summed E-state index contributed by atoms with van der Waals surface area (Å²) in [5.74, 6) is 1.46. The number of rotatable bonds is 9. The average Bonchev–Trinajstić information content (AvgIpc) is 2.42. The fourth-order valence-corrected chi connectivity index (χ4v) is 2.61. The van der Waals surface area contributed by atoms with E-state index in [1.54, 1.807) is 0 Å². The van der Waals surface area contributed by atoms with E-state index in [9.17, 15) is 5.11 Å². The molecule has 0 amide bonds. The van der Waals surface area contributed by atoms with E-state index in [-0.39, 0.29) is 0 Å². The van der Waals surface area contributed by atoms with Crippen LogP contribution in [0.25, 0.3) is 0 Å². The van der Waals surface area contributed by atoms with Crippen LogP contribution in [0.2, 0.25) is 0 Å². The molecular weight excluding hydrogens is 318 g/mol. The Labute approximate surface area is 130 Å². The van der Waals surface area contributed by atoms with Gasteiger partial charge < -0.3 is 15.2 Å². The van der Waals surface area contributed by atoms with Gasteiger partial charge in [-0.1, -0.05) is 32.8 Å². The van der Waals surface area contributed by atoms with Crippen molar-refractivity contribution in [2.24, 2.45) is 5.92 Å². The first kappa shape index (κ1) is 17.5. The molecule has 1 unspecified atom stereocenters. The summed E-state index contributed by atoms with van der Waals surface area (Å²) in [5.41, 5.74) is 1.18. The highest BCUT2D eigenvalue weighted by atomic mass is 79.9. The first-order valence-electron chi connectivity index (χ1n) is 7.34. The highest BCUT2D eigenvalue weighted by molar-refractivity contribution is 9.10. The zero-order valence-electron chi connectivity index (χ0n) is 12.7. The number of hydrogen-bond donors (Lipinski definition) is 2. The summed E-state index contributed by atoms with van der Waals surface area (Å²) >= 11 is 3.47. The zero-order chi connectivity index (χ0) is 15.0. The number of nitrogens with one attached hydrogen (secondary N) is 1. The Morgan fingerprint density at radius 3 is 2.55 bits per heavy atom. The van der Waals surface area contributed by atoms with Gasteiger partial charge >= 0.3 is 0 Å². The molecule has 0 aliphatic heterocycles. The number of aliphatic hydroxyl groups is 1. The van der Waals surface area contributed by atoms with Crippen LogP contribution in [0.1, 0.15) is 32.3 Å². The van der Waals surface area contributed by atoms with Gasteiger partial charge in [0.15, 0.2) is 0 Å². The third kappa shape index (κ3) is 6.25. The van der Waals surface area contributed by atoms with Gasteiger partial charge in [-0.25, -0.2) is 0 Å². The predicted octanol–water partition coefficient (Wildman–Crippen LogP) is 3.52. The topological polar surface area (TPSA) is 41.5 Å². The molecule has 0 aliphatic rings. The van der Waals surface area contributed by atoms with Crippen molar-refractivity contribution in [1.82, 2.24) is 5.32 Å². The normalized spacial score (nSPS) is 12.7. The van der Waals surface area contributed by atoms with Crippen LogP contribution >= 0.6 is 15.9 Å². The minimum atomic E-state index is -0.488. The van der Waals surface area contributed by atoms with Crippen molar-refractivity contribution in [1.29, 1.82) is 0 Å². The third-order valence-corrected chi connectivity index (χ3v) is 4.11. The smallest absolute Gasteiger partial charge is 0.133 e. The second-order valence-electron chi connectivity index (χ2n) is 5.24. The Balaban J connectivity index is 2.27. The lowest BCUT2D eigenvalue weighted by molar-refractivity contribution is 0.105. The van der Waals surface area contributed by atoms with E-state index < -0.39 is 6.10 Å². The molecule has 4 heteroatoms. The molecule has 0 spiro atoms. The fraction of sp³-hybridized carbons (Fsp3) is 0.625. The van der Waals surface area contributed by atoms with Crippen molar-refractivity contribution < 1.29 is 9.84 Å². The number of aliphatic hydroxyl groups excluding tert-OH is 1. The molecule has 0 aliphatic carbocycles. The first-order valence-corrected chi connectivity index (χ1v) is 8.13. The van der Waals surface area contributed by atoms with E-state index in [1.165, 1.54) is 18.4 Å². The molecule has 2 N–H and O–H groups in total. The molecule has 3 nitrogen and oxygen atoms in total. The molecule has 0 bridgehead atoms. The molecule has 0 heterocycles. The maximum atomic E-state index is 9.91. The molecule has 1 aromatic rings. The van der Waals surface area contributed by atoms with Gasteiger partial charge in [-0.05, 0) is 53.0 Å². The van der Waals surface area contributed by atoms with Crippen LogP contribution in [-0.4, -0.2) is 30.9 Å². The van der Waals surface area contributed by atoms with E-state index in [2.05, 4.69) is 35.1 Å². The fourth-order valence-electron chi connectivity index (χ4n) is 2.00. The summed E-state index contributed by atoms with van der Waals surface area (Å²) < 4.78 is 6.55. The minimum absolute atomic E-state index is 0.303. The molecule has 1 atom stereocenters. The van der Waals surface area contributed by atoms with Crippen LogP contribution in [0.4, 0.5) is 0 Å². The first-order chi connectivity index (χ1) is 9.56. The van der Waals surface area contributed by atoms with Crippen LogP contribution < -0.4 is 10.1 Å². The Hall–Kier alpha value is -0.580. The summed E-state index contributed by atoms with van der Waals surface area (Å²) in [6.45, 7) is 8.26. The Morgan fingerprint density at radius 2 is 1.95 bits per heavy atom. The molecule has 0 radical (unpaired) electrons. The molecule has 0 saturated heterocycles. The molecule has 20 heavy (non-hydrogen) atoms. The maximum absolute atomic E-state index is 9.91. The summed E-state index contributed by atoms with van der Waals surface area (Å²) in [7, 11) is 0. The number of ether oxygens (including phenoxy) is 1. The highest BCUT2D eigenvalue weighted by Crippen LogP contribution is 2.25. The molecule has 114 valence electrons. The van der Waals surface area contributed by atoms with Gasteiger partial charge in [-0.3, -0.25) is 0 Å². The van der Waals surface area contributed by atoms with E-state index >= 15 is 0 Å². The summed E-state index contributed by atoms with van der Waals surface area (Å²) in [4.78, 5) is 0. The predicted molar refractivity (Wildman–Crippen MR) is 87.3 cm³/mol. The molecule has 1 aromatic carbocycles. The van der Waals surface area contributed by atoms with Crippen LogP contribution in [0.3, 0.4) is 0 Å². The number of benzene rings is 1. The van der Waals surface area contributed by atoms with Gasteiger partial charge in [0.2, 0.25) is 0 Å². The average molecular weight is 344 g/mol. The molecule has 0 saturated carbocycles. The zero-order valence-corrected chi connectivity index (χ0v) is 14.2. The van der Waals surface area contributed by atoms with Gasteiger partial charge in [-0.2, -0.15) is 0 Å². The SMILES string of the molecule is CCC(CC)CNCC(O)COc1ccc(C)cc1Br. The van der Waals surface area contributed by atoms with Crippen molar-refractivity contribution in [3.8, 4) is 5.75 Å². The monoisotopic (exact) mass is 343 g/mol. The van der Waals surface area contributed by atoms with Crippen LogP contribution in [0, 0.1) is 12.8 Å². The highest BCUT2D eigenvalue weighted by Gasteiger charge is 2.09. The molecular formula is C16H26BrNO2. The second kappa shape index (κ2) is 9.37. The summed E-state index contributed by atoms with van der Waals surface area (Å²) in [6.07, 6.45) is 1.86. The summed E-state index contributed by atoms with van der Waals surface area (Å²) in [6, 6.07) is 5.93. The summed E-state index contributed by atoms with van der Waals surface area (Å²) in [5, 5.41) is 13.2. The van der Waals surface area contributed by atoms with Crippen molar-refractivity contribution in [3.05, 3.63) is 28.2 Å². The number of halogens is 1. The van der Waals surface area contributed by atoms with Crippen LogP contribution in [-0.2, 0) is 0 Å². The molecule has 1 rings (SSSR count). The van der Waals surface area contributed by atoms with Crippen molar-refractivity contribution in [3.63, 3.8) is 0 Å². The standard InChI is InChI=1S/C16H26BrNO2/c1-4-13(5-2)9-18-10-14(19)11-20-16-7-6-12(3)8-15(16)17/h6-8,13-14,18-19H,4-5,9-11H2,1-3H3. The maximum Gasteiger partial charge on any atom is 0.133 e. The van der Waals surface area contributed by atoms with E-state index in [0.29, 0.717) is 19.1 Å². The van der Waals surface area contributed by atoms with Crippen molar-refractivity contribution >= 4 is 15.9 Å². The van der Waals surface area contributed by atoms with E-state index in [0.717, 1.165) is 16.8 Å². The number of aryl methyl sites for hydroxylation is 1. The lowest BCUT2D eigenvalue weighted by Gasteiger charge is -2.17. The van der Waals surface area contributed by atoms with Gasteiger partial charge in [-0.15, -0.1) is 0 Å². The van der Waals surface area contributed by atoms with Gasteiger partial charge in [0.05, 0.1) is 4.47 Å². The van der Waals surface area contributed by atoms with Crippen LogP contribution in [0.15, 0.2) is 22.7 Å². The lowest BCUT2D eigenvalue weighted by Crippen LogP contribution is -2.34. The Morgan fingerprint density at radius 1 is 1.25 bits per heavy atom. The molecule has 0 fully saturated rings. The van der Waals surface area contributed by atoms with Gasteiger partial charge in [0.25, 0.3) is 0 Å². The third-order valence-electron chi connectivity index (χ3n) is 3.49. The van der Waals surface area contributed by atoms with Gasteiger partial charge in [0.1, 0.15) is 18.5 Å². The second-order valence-corrected chi connectivity index (χ2v) is 6.09. The number of hydrogen-bond acceptors (Lipinski definition) is 3. The lowest BCUT2D eigenvalue weighted by atomic mass is 10.0. The quantitative estimate of drug-likeness (QED) is 0.720. The van der Waals surface area contributed by atoms with Crippen molar-refractivity contribution in [2.45, 2.75) is 39.7 Å².